The van der Waals surface area contributed by atoms with Crippen LogP contribution in [0.15, 0.2) is 34.2 Å². The number of benzene rings is 1. The SMILES string of the molecule is CC1CC(C)(C)CC2(C1)NC(=O)N(CC(=O)Nc1cccc(S(=O)(=O)NC3=NCCC3)c1)C2=O. The lowest BCUT2D eigenvalue weighted by atomic mass is 9.64. The van der Waals surface area contributed by atoms with Gasteiger partial charge in [0.1, 0.15) is 17.9 Å². The van der Waals surface area contributed by atoms with Crippen molar-refractivity contribution >= 4 is 39.4 Å². The Morgan fingerprint density at radius 3 is 2.71 bits per heavy atom. The first kappa shape index (κ1) is 24.2. The van der Waals surface area contributed by atoms with E-state index in [0.717, 1.165) is 17.7 Å². The minimum absolute atomic E-state index is 0.0210. The zero-order valence-electron chi connectivity index (χ0n) is 19.7. The second kappa shape index (κ2) is 8.68. The second-order valence-electron chi connectivity index (χ2n) is 10.4. The summed E-state index contributed by atoms with van der Waals surface area (Å²) in [6.07, 6.45) is 3.38. The van der Waals surface area contributed by atoms with Crippen molar-refractivity contribution in [1.29, 1.82) is 0 Å². The van der Waals surface area contributed by atoms with Crippen LogP contribution in [0, 0.1) is 11.3 Å². The molecule has 1 aliphatic carbocycles. The molecule has 1 aromatic carbocycles. The van der Waals surface area contributed by atoms with Crippen LogP contribution in [0.3, 0.4) is 0 Å². The van der Waals surface area contributed by atoms with Crippen LogP contribution in [0.4, 0.5) is 10.5 Å². The largest absolute Gasteiger partial charge is 0.325 e. The molecule has 2 fully saturated rings. The highest BCUT2D eigenvalue weighted by Gasteiger charge is 2.56. The maximum absolute atomic E-state index is 13.2. The number of amidine groups is 1. The van der Waals surface area contributed by atoms with Crippen molar-refractivity contribution in [3.8, 4) is 0 Å². The maximum Gasteiger partial charge on any atom is 0.325 e. The van der Waals surface area contributed by atoms with Crippen LogP contribution >= 0.6 is 0 Å². The van der Waals surface area contributed by atoms with Crippen LogP contribution in [0.1, 0.15) is 52.9 Å². The Bertz CT molecular complexity index is 1160. The number of carbonyl (C=O) groups excluding carboxylic acids is 3. The molecule has 11 heteroatoms. The molecule has 2 heterocycles. The molecule has 3 N–H and O–H groups in total. The van der Waals surface area contributed by atoms with Crippen LogP contribution in [-0.4, -0.2) is 55.6 Å². The number of sulfonamides is 1. The summed E-state index contributed by atoms with van der Waals surface area (Å²) < 4.78 is 27.7. The molecule has 1 saturated carbocycles. The molecule has 3 aliphatic rings. The Morgan fingerprint density at radius 2 is 2.03 bits per heavy atom. The van der Waals surface area contributed by atoms with E-state index >= 15 is 0 Å². The molecule has 0 aromatic heterocycles. The van der Waals surface area contributed by atoms with Crippen molar-refractivity contribution < 1.29 is 22.8 Å². The number of nitrogens with one attached hydrogen (secondary N) is 3. The third kappa shape index (κ3) is 4.94. The molecule has 2 unspecified atom stereocenters. The zero-order chi connectivity index (χ0) is 24.7. The van der Waals surface area contributed by atoms with Crippen LogP contribution in [-0.2, 0) is 19.6 Å². The second-order valence-corrected chi connectivity index (χ2v) is 12.1. The number of rotatable bonds is 5. The van der Waals surface area contributed by atoms with Crippen LogP contribution in [0.2, 0.25) is 0 Å². The lowest BCUT2D eigenvalue weighted by Crippen LogP contribution is -2.54. The zero-order valence-corrected chi connectivity index (χ0v) is 20.5. The summed E-state index contributed by atoms with van der Waals surface area (Å²) in [7, 11) is -3.84. The monoisotopic (exact) mass is 489 g/mol. The molecule has 0 bridgehead atoms. The van der Waals surface area contributed by atoms with Crippen molar-refractivity contribution in [2.45, 2.75) is 63.3 Å². The van der Waals surface area contributed by atoms with Gasteiger partial charge in [0, 0.05) is 18.7 Å². The first-order valence-electron chi connectivity index (χ1n) is 11.5. The molecule has 1 spiro atoms. The van der Waals surface area contributed by atoms with E-state index in [1.807, 2.05) is 0 Å². The summed E-state index contributed by atoms with van der Waals surface area (Å²) >= 11 is 0. The molecule has 1 saturated heterocycles. The number of urea groups is 1. The third-order valence-corrected chi connectivity index (χ3v) is 7.86. The highest BCUT2D eigenvalue weighted by molar-refractivity contribution is 7.90. The maximum atomic E-state index is 13.2. The Balaban J connectivity index is 1.43. The summed E-state index contributed by atoms with van der Waals surface area (Å²) in [5.74, 6) is -0.297. The molecular formula is C23H31N5O5S. The summed E-state index contributed by atoms with van der Waals surface area (Å²) in [5.41, 5.74) is -0.847. The van der Waals surface area contributed by atoms with Crippen molar-refractivity contribution in [2.24, 2.45) is 16.3 Å². The van der Waals surface area contributed by atoms with E-state index in [-0.39, 0.29) is 27.8 Å². The molecule has 0 radical (unpaired) electrons. The van der Waals surface area contributed by atoms with Crippen LogP contribution in [0.25, 0.3) is 0 Å². The fraction of sp³-hybridized carbons (Fsp3) is 0.565. The summed E-state index contributed by atoms with van der Waals surface area (Å²) in [6.45, 7) is 6.36. The van der Waals surface area contributed by atoms with Gasteiger partial charge in [-0.2, -0.15) is 0 Å². The molecule has 2 aliphatic heterocycles. The number of aliphatic imine (C=N–C) groups is 1. The predicted octanol–water partition coefficient (Wildman–Crippen LogP) is 2.23. The summed E-state index contributed by atoms with van der Waals surface area (Å²) in [5, 5.41) is 5.44. The minimum atomic E-state index is -3.84. The number of nitrogens with zero attached hydrogens (tertiary/aromatic N) is 2. The number of anilines is 1. The molecule has 34 heavy (non-hydrogen) atoms. The minimum Gasteiger partial charge on any atom is -0.324 e. The van der Waals surface area contributed by atoms with Gasteiger partial charge in [0.2, 0.25) is 5.91 Å². The smallest absolute Gasteiger partial charge is 0.324 e. The quantitative estimate of drug-likeness (QED) is 0.545. The van der Waals surface area contributed by atoms with Gasteiger partial charge in [0.15, 0.2) is 0 Å². The van der Waals surface area contributed by atoms with Crippen LogP contribution < -0.4 is 15.4 Å². The summed E-state index contributed by atoms with van der Waals surface area (Å²) in [4.78, 5) is 43.6. The third-order valence-electron chi connectivity index (χ3n) is 6.48. The van der Waals surface area contributed by atoms with Gasteiger partial charge in [-0.3, -0.25) is 24.2 Å². The molecule has 10 nitrogen and oxygen atoms in total. The number of hydrogen-bond donors (Lipinski definition) is 3. The first-order valence-corrected chi connectivity index (χ1v) is 13.0. The first-order chi connectivity index (χ1) is 15.9. The van der Waals surface area contributed by atoms with Gasteiger partial charge >= 0.3 is 6.03 Å². The fourth-order valence-corrected chi connectivity index (χ4v) is 6.71. The Morgan fingerprint density at radius 1 is 1.26 bits per heavy atom. The van der Waals surface area contributed by atoms with Gasteiger partial charge in [-0.25, -0.2) is 13.2 Å². The van der Waals surface area contributed by atoms with Crippen molar-refractivity contribution in [3.63, 3.8) is 0 Å². The summed E-state index contributed by atoms with van der Waals surface area (Å²) in [6, 6.07) is 5.22. The molecule has 1 aromatic rings. The average Bonchev–Trinajstić information content (AvgIpc) is 3.28. The van der Waals surface area contributed by atoms with Crippen molar-refractivity contribution in [1.82, 2.24) is 14.9 Å². The van der Waals surface area contributed by atoms with Gasteiger partial charge in [-0.05, 0) is 55.2 Å². The average molecular weight is 490 g/mol. The molecule has 4 amide bonds. The number of imide groups is 1. The highest BCUT2D eigenvalue weighted by atomic mass is 32.2. The number of amides is 4. The van der Waals surface area contributed by atoms with Crippen LogP contribution in [0.5, 0.6) is 0 Å². The van der Waals surface area contributed by atoms with Gasteiger partial charge in [0.05, 0.1) is 4.90 Å². The van der Waals surface area contributed by atoms with Crippen molar-refractivity contribution in [3.05, 3.63) is 24.3 Å². The van der Waals surface area contributed by atoms with Gasteiger partial charge in [-0.15, -0.1) is 0 Å². The topological polar surface area (TPSA) is 137 Å². The standard InChI is InChI=1S/C23H31N5O5S/c1-15-11-22(2,3)14-23(12-15)20(30)28(21(31)26-23)13-19(29)25-16-6-4-7-17(10-16)34(32,33)27-18-8-5-9-24-18/h4,6-7,10,15H,5,8-9,11-14H2,1-3H3,(H,24,27)(H,25,29)(H,26,31). The van der Waals surface area contributed by atoms with Gasteiger partial charge in [0.25, 0.3) is 15.9 Å². The molecule has 4 rings (SSSR count). The number of hydrogen-bond acceptors (Lipinski definition) is 6. The van der Waals surface area contributed by atoms with Gasteiger partial charge < -0.3 is 10.6 Å². The molecule has 2 atom stereocenters. The fourth-order valence-electron chi connectivity index (χ4n) is 5.57. The van der Waals surface area contributed by atoms with Crippen molar-refractivity contribution in [2.75, 3.05) is 18.4 Å². The number of carbonyl (C=O) groups is 3. The lowest BCUT2D eigenvalue weighted by molar-refractivity contribution is -0.136. The Kier molecular flexibility index (Phi) is 6.17. The Hall–Kier alpha value is -2.95. The Labute approximate surface area is 199 Å². The lowest BCUT2D eigenvalue weighted by Gasteiger charge is -2.43. The predicted molar refractivity (Wildman–Crippen MR) is 127 cm³/mol. The molecule has 184 valence electrons. The van der Waals surface area contributed by atoms with E-state index in [1.54, 1.807) is 6.07 Å². The van der Waals surface area contributed by atoms with E-state index in [0.29, 0.717) is 31.6 Å². The van der Waals surface area contributed by atoms with E-state index in [1.165, 1.54) is 18.2 Å². The van der Waals surface area contributed by atoms with E-state index < -0.39 is 34.0 Å². The van der Waals surface area contributed by atoms with E-state index in [4.69, 9.17) is 0 Å². The van der Waals surface area contributed by atoms with E-state index in [2.05, 4.69) is 41.1 Å². The normalized spacial score (nSPS) is 26.4. The highest BCUT2D eigenvalue weighted by Crippen LogP contribution is 2.46. The van der Waals surface area contributed by atoms with Gasteiger partial charge in [-0.1, -0.05) is 26.8 Å². The molecular weight excluding hydrogens is 458 g/mol. The van der Waals surface area contributed by atoms with E-state index in [9.17, 15) is 22.8 Å².